The molecule has 0 aliphatic heterocycles. The van der Waals surface area contributed by atoms with Gasteiger partial charge in [-0.2, -0.15) is 0 Å². The molecule has 1 saturated carbocycles. The van der Waals surface area contributed by atoms with E-state index in [-0.39, 0.29) is 6.04 Å². The Morgan fingerprint density at radius 3 is 2.15 bits per heavy atom. The van der Waals surface area contributed by atoms with Crippen LogP contribution in [0.2, 0.25) is 0 Å². The predicted octanol–water partition coefficient (Wildman–Crippen LogP) is 1.59. The molecular weight excluding hydrogens is 262 g/mol. The molecule has 1 aromatic rings. The fraction of sp³-hybridized carbons (Fsp3) is 0.500. The minimum absolute atomic E-state index is 0.258. The van der Waals surface area contributed by atoms with Crippen LogP contribution >= 0.6 is 0 Å². The van der Waals surface area contributed by atoms with E-state index in [1.54, 1.807) is 12.1 Å². The third-order valence-corrected chi connectivity index (χ3v) is 3.27. The second kappa shape index (κ2) is 6.00. The molecule has 20 heavy (non-hydrogen) atoms. The fourth-order valence-corrected chi connectivity index (χ4v) is 2.06. The molecule has 2 rings (SSSR count). The van der Waals surface area contributed by atoms with E-state index < -0.39 is 12.0 Å². The van der Waals surface area contributed by atoms with Gasteiger partial charge in [-0.1, -0.05) is 0 Å². The highest BCUT2D eigenvalue weighted by Crippen LogP contribution is 2.38. The van der Waals surface area contributed by atoms with Gasteiger partial charge in [0, 0.05) is 17.7 Å². The van der Waals surface area contributed by atoms with E-state index in [0.717, 1.165) is 12.8 Å². The molecule has 110 valence electrons. The number of rotatable bonds is 7. The molecule has 1 aromatic carbocycles. The average molecular weight is 281 g/mol. The summed E-state index contributed by atoms with van der Waals surface area (Å²) >= 11 is 0. The first-order valence-corrected chi connectivity index (χ1v) is 6.39. The van der Waals surface area contributed by atoms with Crippen LogP contribution in [0.1, 0.15) is 24.4 Å². The number of carboxylic acid groups (broad SMARTS) is 1. The van der Waals surface area contributed by atoms with Gasteiger partial charge in [0.25, 0.3) is 0 Å². The van der Waals surface area contributed by atoms with Gasteiger partial charge in [0.1, 0.15) is 11.8 Å². The zero-order valence-corrected chi connectivity index (χ0v) is 11.8. The maximum atomic E-state index is 11.5. The lowest BCUT2D eigenvalue weighted by Crippen LogP contribution is -2.30. The number of carbonyl (C=O) groups is 1. The van der Waals surface area contributed by atoms with Crippen molar-refractivity contribution in [2.45, 2.75) is 24.9 Å². The SMILES string of the molecule is COc1cc(OC)c(C(NC2CC2)C(=O)O)cc1OC. The Morgan fingerprint density at radius 1 is 1.15 bits per heavy atom. The molecule has 1 aliphatic rings. The Kier molecular flexibility index (Phi) is 4.34. The van der Waals surface area contributed by atoms with Crippen LogP contribution in [0, 0.1) is 0 Å². The molecule has 0 saturated heterocycles. The highest BCUT2D eigenvalue weighted by molar-refractivity contribution is 5.77. The average Bonchev–Trinajstić information content (AvgIpc) is 3.27. The normalized spacial score (nSPS) is 15.6. The minimum atomic E-state index is -0.942. The van der Waals surface area contributed by atoms with Crippen LogP contribution in [0.3, 0.4) is 0 Å². The van der Waals surface area contributed by atoms with Gasteiger partial charge in [0.15, 0.2) is 11.5 Å². The second-order valence-electron chi connectivity index (χ2n) is 4.66. The first-order chi connectivity index (χ1) is 9.60. The Balaban J connectivity index is 2.42. The van der Waals surface area contributed by atoms with Crippen molar-refractivity contribution >= 4 is 5.97 Å². The predicted molar refractivity (Wildman–Crippen MR) is 72.6 cm³/mol. The highest BCUT2D eigenvalue weighted by atomic mass is 16.5. The lowest BCUT2D eigenvalue weighted by atomic mass is 10.0. The third kappa shape index (κ3) is 2.96. The van der Waals surface area contributed by atoms with E-state index in [2.05, 4.69) is 5.32 Å². The van der Waals surface area contributed by atoms with E-state index >= 15 is 0 Å². The van der Waals surface area contributed by atoms with Crippen molar-refractivity contribution in [3.63, 3.8) is 0 Å². The fourth-order valence-electron chi connectivity index (χ4n) is 2.06. The first kappa shape index (κ1) is 14.5. The van der Waals surface area contributed by atoms with Gasteiger partial charge in [-0.3, -0.25) is 10.1 Å². The topological polar surface area (TPSA) is 77.0 Å². The van der Waals surface area contributed by atoms with Gasteiger partial charge >= 0.3 is 5.97 Å². The molecule has 0 radical (unpaired) electrons. The van der Waals surface area contributed by atoms with E-state index in [4.69, 9.17) is 14.2 Å². The molecule has 0 spiro atoms. The largest absolute Gasteiger partial charge is 0.496 e. The monoisotopic (exact) mass is 281 g/mol. The molecule has 0 heterocycles. The quantitative estimate of drug-likeness (QED) is 0.790. The molecule has 0 aromatic heterocycles. The van der Waals surface area contributed by atoms with Gasteiger partial charge in [0.2, 0.25) is 0 Å². The van der Waals surface area contributed by atoms with Gasteiger partial charge in [-0.05, 0) is 18.9 Å². The van der Waals surface area contributed by atoms with Crippen molar-refractivity contribution in [2.75, 3.05) is 21.3 Å². The Hall–Kier alpha value is -1.95. The molecule has 1 aliphatic carbocycles. The van der Waals surface area contributed by atoms with Crippen LogP contribution in [0.4, 0.5) is 0 Å². The molecule has 1 atom stereocenters. The number of ether oxygens (including phenoxy) is 3. The van der Waals surface area contributed by atoms with Crippen LogP contribution in [0.15, 0.2) is 12.1 Å². The van der Waals surface area contributed by atoms with E-state index in [0.29, 0.717) is 22.8 Å². The summed E-state index contributed by atoms with van der Waals surface area (Å²) in [5.41, 5.74) is 0.532. The molecule has 6 heteroatoms. The van der Waals surface area contributed by atoms with Gasteiger partial charge < -0.3 is 19.3 Å². The number of aliphatic carboxylic acids is 1. The Labute approximate surface area is 117 Å². The maximum Gasteiger partial charge on any atom is 0.325 e. The van der Waals surface area contributed by atoms with Crippen LogP contribution in [0.25, 0.3) is 0 Å². The zero-order valence-electron chi connectivity index (χ0n) is 11.8. The van der Waals surface area contributed by atoms with Crippen molar-refractivity contribution in [3.8, 4) is 17.2 Å². The smallest absolute Gasteiger partial charge is 0.325 e. The molecule has 6 nitrogen and oxygen atoms in total. The number of hydrogen-bond acceptors (Lipinski definition) is 5. The Morgan fingerprint density at radius 2 is 1.70 bits per heavy atom. The van der Waals surface area contributed by atoms with Crippen molar-refractivity contribution < 1.29 is 24.1 Å². The molecule has 1 unspecified atom stereocenters. The summed E-state index contributed by atoms with van der Waals surface area (Å²) in [6.45, 7) is 0. The minimum Gasteiger partial charge on any atom is -0.496 e. The lowest BCUT2D eigenvalue weighted by molar-refractivity contribution is -0.139. The van der Waals surface area contributed by atoms with Crippen molar-refractivity contribution in [2.24, 2.45) is 0 Å². The van der Waals surface area contributed by atoms with E-state index in [9.17, 15) is 9.90 Å². The van der Waals surface area contributed by atoms with Gasteiger partial charge in [-0.25, -0.2) is 0 Å². The van der Waals surface area contributed by atoms with Crippen LogP contribution in [-0.2, 0) is 4.79 Å². The van der Waals surface area contributed by atoms with E-state index in [1.165, 1.54) is 21.3 Å². The molecule has 0 amide bonds. The van der Waals surface area contributed by atoms with Gasteiger partial charge in [-0.15, -0.1) is 0 Å². The summed E-state index contributed by atoms with van der Waals surface area (Å²) in [4.78, 5) is 11.5. The summed E-state index contributed by atoms with van der Waals surface area (Å²) in [7, 11) is 4.53. The summed E-state index contributed by atoms with van der Waals surface area (Å²) < 4.78 is 15.7. The summed E-state index contributed by atoms with van der Waals surface area (Å²) in [6.07, 6.45) is 2.00. The van der Waals surface area contributed by atoms with Gasteiger partial charge in [0.05, 0.1) is 21.3 Å². The molecule has 1 fully saturated rings. The maximum absolute atomic E-state index is 11.5. The Bertz CT molecular complexity index is 499. The second-order valence-corrected chi connectivity index (χ2v) is 4.66. The molecular formula is C14H19NO5. The molecule has 0 bridgehead atoms. The lowest BCUT2D eigenvalue weighted by Gasteiger charge is -2.19. The summed E-state index contributed by atoms with van der Waals surface area (Å²) in [6, 6.07) is 2.72. The number of nitrogens with one attached hydrogen (secondary N) is 1. The third-order valence-electron chi connectivity index (χ3n) is 3.27. The standard InChI is InChI=1S/C14H19NO5/c1-18-10-7-12(20-3)11(19-2)6-9(10)13(14(16)17)15-8-4-5-8/h6-8,13,15H,4-5H2,1-3H3,(H,16,17). The van der Waals surface area contributed by atoms with Crippen LogP contribution < -0.4 is 19.5 Å². The number of carboxylic acids is 1. The summed E-state index contributed by atoms with van der Waals surface area (Å²) in [5.74, 6) is 0.501. The zero-order chi connectivity index (χ0) is 14.7. The number of hydrogen-bond donors (Lipinski definition) is 2. The summed E-state index contributed by atoms with van der Waals surface area (Å²) in [5, 5.41) is 12.5. The highest BCUT2D eigenvalue weighted by Gasteiger charge is 2.32. The van der Waals surface area contributed by atoms with Crippen molar-refractivity contribution in [1.29, 1.82) is 0 Å². The van der Waals surface area contributed by atoms with Crippen LogP contribution in [-0.4, -0.2) is 38.4 Å². The van der Waals surface area contributed by atoms with Crippen molar-refractivity contribution in [3.05, 3.63) is 17.7 Å². The number of methoxy groups -OCH3 is 3. The molecule has 2 N–H and O–H groups in total. The first-order valence-electron chi connectivity index (χ1n) is 6.39. The number of benzene rings is 1. The van der Waals surface area contributed by atoms with Crippen molar-refractivity contribution in [1.82, 2.24) is 5.32 Å². The van der Waals surface area contributed by atoms with E-state index in [1.807, 2.05) is 0 Å². The van der Waals surface area contributed by atoms with Crippen LogP contribution in [0.5, 0.6) is 17.2 Å².